The zero-order valence-electron chi connectivity index (χ0n) is 21.8. The van der Waals surface area contributed by atoms with Crippen molar-refractivity contribution in [2.75, 3.05) is 23.7 Å². The van der Waals surface area contributed by atoms with Crippen LogP contribution in [0.5, 0.6) is 0 Å². The first kappa shape index (κ1) is 25.0. The van der Waals surface area contributed by atoms with E-state index >= 15 is 0 Å². The molecule has 2 atom stereocenters. The van der Waals surface area contributed by atoms with Crippen LogP contribution < -0.4 is 16.0 Å². The van der Waals surface area contributed by atoms with Gasteiger partial charge in [0.15, 0.2) is 0 Å². The molecule has 1 aliphatic carbocycles. The first-order chi connectivity index (χ1) is 17.6. The fourth-order valence-corrected chi connectivity index (χ4v) is 5.81. The maximum atomic E-state index is 10.1. The summed E-state index contributed by atoms with van der Waals surface area (Å²) in [6.07, 6.45) is 13.5. The van der Waals surface area contributed by atoms with Crippen molar-refractivity contribution in [3.63, 3.8) is 0 Å². The molecular weight excluding hydrogens is 448 g/mol. The van der Waals surface area contributed by atoms with Gasteiger partial charge in [0.1, 0.15) is 5.65 Å². The normalized spacial score (nSPS) is 23.8. The largest absolute Gasteiger partial charge is 0.393 e. The van der Waals surface area contributed by atoms with Gasteiger partial charge in [-0.1, -0.05) is 25.5 Å². The van der Waals surface area contributed by atoms with E-state index in [0.717, 1.165) is 69.1 Å². The Morgan fingerprint density at radius 3 is 2.67 bits per heavy atom. The van der Waals surface area contributed by atoms with Gasteiger partial charge in [-0.3, -0.25) is 0 Å². The molecule has 3 aromatic rings. The average molecular weight is 491 g/mol. The number of nitrogens with one attached hydrogen (secondary N) is 3. The van der Waals surface area contributed by atoms with Crippen molar-refractivity contribution in [3.05, 3.63) is 36.7 Å². The van der Waals surface area contributed by atoms with E-state index in [1.807, 2.05) is 6.20 Å². The highest BCUT2D eigenvalue weighted by atomic mass is 16.3. The van der Waals surface area contributed by atoms with Crippen molar-refractivity contribution < 1.29 is 5.11 Å². The second-order valence-electron chi connectivity index (χ2n) is 10.8. The fourth-order valence-electron chi connectivity index (χ4n) is 5.81. The summed E-state index contributed by atoms with van der Waals surface area (Å²) in [5.41, 5.74) is 4.53. The van der Waals surface area contributed by atoms with Crippen molar-refractivity contribution in [2.24, 2.45) is 0 Å². The summed E-state index contributed by atoms with van der Waals surface area (Å²) in [4.78, 5) is 9.70. The number of benzene rings is 1. The Balaban J connectivity index is 1.43. The molecule has 3 heterocycles. The molecule has 7 nitrogen and oxygen atoms in total. The number of aliphatic hydroxyl groups excluding tert-OH is 1. The van der Waals surface area contributed by atoms with Gasteiger partial charge in [0.05, 0.1) is 6.10 Å². The highest BCUT2D eigenvalue weighted by molar-refractivity contribution is 5.94. The van der Waals surface area contributed by atoms with E-state index < -0.39 is 0 Å². The SMILES string of the molecule is CCC[C@H](C)Nc1ncc2c(-c3ccc(NC4CCCNCC4)cc3)cn(C3CCC(O)CC3)c2n1. The predicted molar refractivity (Wildman–Crippen MR) is 149 cm³/mol. The van der Waals surface area contributed by atoms with Crippen molar-refractivity contribution in [1.29, 1.82) is 0 Å². The van der Waals surface area contributed by atoms with Gasteiger partial charge in [0, 0.05) is 47.2 Å². The summed E-state index contributed by atoms with van der Waals surface area (Å²) >= 11 is 0. The molecule has 2 fully saturated rings. The third kappa shape index (κ3) is 5.84. The van der Waals surface area contributed by atoms with Crippen LogP contribution in [0, 0.1) is 0 Å². The Morgan fingerprint density at radius 2 is 1.89 bits per heavy atom. The summed E-state index contributed by atoms with van der Waals surface area (Å²) in [5, 5.41) is 21.9. The van der Waals surface area contributed by atoms with E-state index in [1.165, 1.54) is 29.7 Å². The lowest BCUT2D eigenvalue weighted by Crippen LogP contribution is -2.21. The van der Waals surface area contributed by atoms with Gasteiger partial charge in [-0.15, -0.1) is 0 Å². The van der Waals surface area contributed by atoms with Gasteiger partial charge >= 0.3 is 0 Å². The summed E-state index contributed by atoms with van der Waals surface area (Å²) in [6, 6.07) is 10.1. The van der Waals surface area contributed by atoms with Crippen LogP contribution >= 0.6 is 0 Å². The Morgan fingerprint density at radius 1 is 1.08 bits per heavy atom. The van der Waals surface area contributed by atoms with Crippen LogP contribution in [-0.2, 0) is 0 Å². The second-order valence-corrected chi connectivity index (χ2v) is 10.8. The van der Waals surface area contributed by atoms with E-state index in [1.54, 1.807) is 0 Å². The predicted octanol–water partition coefficient (Wildman–Crippen LogP) is 5.73. The number of nitrogens with zero attached hydrogens (tertiary/aromatic N) is 3. The van der Waals surface area contributed by atoms with Crippen LogP contribution in [0.4, 0.5) is 11.6 Å². The molecule has 1 unspecified atom stereocenters. The molecule has 2 aliphatic rings. The third-order valence-electron chi connectivity index (χ3n) is 7.87. The van der Waals surface area contributed by atoms with Gasteiger partial charge < -0.3 is 25.6 Å². The summed E-state index contributed by atoms with van der Waals surface area (Å²) < 4.78 is 2.35. The van der Waals surface area contributed by atoms with Crippen LogP contribution in [0.15, 0.2) is 36.7 Å². The molecule has 0 amide bonds. The third-order valence-corrected chi connectivity index (χ3v) is 7.87. The fraction of sp³-hybridized carbons (Fsp3) is 0.586. The van der Waals surface area contributed by atoms with Crippen molar-refractivity contribution in [1.82, 2.24) is 19.9 Å². The monoisotopic (exact) mass is 490 g/mol. The van der Waals surface area contributed by atoms with Gasteiger partial charge in [-0.2, -0.15) is 4.98 Å². The molecule has 5 rings (SSSR count). The molecule has 0 radical (unpaired) electrons. The Labute approximate surface area is 215 Å². The summed E-state index contributed by atoms with van der Waals surface area (Å²) in [5.74, 6) is 0.697. The van der Waals surface area contributed by atoms with Crippen molar-refractivity contribution >= 4 is 22.7 Å². The zero-order chi connectivity index (χ0) is 24.9. The highest BCUT2D eigenvalue weighted by Crippen LogP contribution is 2.37. The Bertz CT molecular complexity index is 1110. The maximum Gasteiger partial charge on any atom is 0.224 e. The van der Waals surface area contributed by atoms with Gasteiger partial charge in [0.2, 0.25) is 5.95 Å². The molecule has 7 heteroatoms. The van der Waals surface area contributed by atoms with E-state index in [9.17, 15) is 5.11 Å². The first-order valence-electron chi connectivity index (χ1n) is 14.0. The lowest BCUT2D eigenvalue weighted by molar-refractivity contribution is 0.111. The number of aliphatic hydroxyl groups is 1. The van der Waals surface area contributed by atoms with Crippen LogP contribution in [0.2, 0.25) is 0 Å². The molecule has 4 N–H and O–H groups in total. The number of fused-ring (bicyclic) bond motifs is 1. The lowest BCUT2D eigenvalue weighted by atomic mass is 9.93. The number of anilines is 2. The average Bonchev–Trinajstić information content (AvgIpc) is 3.06. The van der Waals surface area contributed by atoms with Gasteiger partial charge in [-0.05, 0) is 89.1 Å². The van der Waals surface area contributed by atoms with Crippen molar-refractivity contribution in [2.45, 2.75) is 95.9 Å². The standard InChI is InChI=1S/C29H42N6O/c1-3-5-20(2)32-29-31-18-26-27(19-35(28(26)34-29)24-11-13-25(36)14-12-24)21-7-9-23(10-8-21)33-22-6-4-16-30-17-15-22/h7-10,18-20,22,24-25,30,33,36H,3-6,11-17H2,1-2H3,(H,31,32,34)/t20-,22?,24?,25?/m0/s1. The smallest absolute Gasteiger partial charge is 0.224 e. The van der Waals surface area contributed by atoms with Gasteiger partial charge in [0.25, 0.3) is 0 Å². The van der Waals surface area contributed by atoms with Crippen LogP contribution in [0.1, 0.15) is 77.7 Å². The molecule has 1 saturated heterocycles. The number of hydrogen-bond donors (Lipinski definition) is 4. The van der Waals surface area contributed by atoms with E-state index in [-0.39, 0.29) is 6.10 Å². The minimum absolute atomic E-state index is 0.173. The van der Waals surface area contributed by atoms with Gasteiger partial charge in [-0.25, -0.2) is 4.98 Å². The minimum atomic E-state index is -0.173. The van der Waals surface area contributed by atoms with E-state index in [2.05, 4.69) is 64.8 Å². The quantitative estimate of drug-likeness (QED) is 0.323. The first-order valence-corrected chi connectivity index (χ1v) is 14.0. The van der Waals surface area contributed by atoms with Crippen LogP contribution in [0.3, 0.4) is 0 Å². The molecule has 2 aromatic heterocycles. The molecule has 0 spiro atoms. The minimum Gasteiger partial charge on any atom is -0.393 e. The molecule has 1 aliphatic heterocycles. The van der Waals surface area contributed by atoms with E-state index in [0.29, 0.717) is 24.1 Å². The highest BCUT2D eigenvalue weighted by Gasteiger charge is 2.24. The topological polar surface area (TPSA) is 87.0 Å². The molecule has 1 aromatic carbocycles. The molecule has 1 saturated carbocycles. The Hall–Kier alpha value is -2.64. The lowest BCUT2D eigenvalue weighted by Gasteiger charge is -2.27. The van der Waals surface area contributed by atoms with E-state index in [4.69, 9.17) is 9.97 Å². The summed E-state index contributed by atoms with van der Waals surface area (Å²) in [6.45, 7) is 6.59. The maximum absolute atomic E-state index is 10.1. The number of aromatic nitrogens is 3. The molecule has 0 bridgehead atoms. The summed E-state index contributed by atoms with van der Waals surface area (Å²) in [7, 11) is 0. The Kier molecular flexibility index (Phi) is 8.07. The number of rotatable bonds is 8. The molecule has 194 valence electrons. The zero-order valence-corrected chi connectivity index (χ0v) is 21.8. The van der Waals surface area contributed by atoms with Crippen LogP contribution in [-0.4, -0.2) is 50.9 Å². The van der Waals surface area contributed by atoms with Crippen molar-refractivity contribution in [3.8, 4) is 11.1 Å². The second kappa shape index (κ2) is 11.6. The molecular formula is C29H42N6O. The van der Waals surface area contributed by atoms with Crippen LogP contribution in [0.25, 0.3) is 22.2 Å². The molecule has 36 heavy (non-hydrogen) atoms. The number of hydrogen-bond acceptors (Lipinski definition) is 6.